The number of Topliss-reactive ketones (excluding diaryl/α,β-unsaturated/α-hetero) is 1. The molecule has 0 bridgehead atoms. The predicted molar refractivity (Wildman–Crippen MR) is 115 cm³/mol. The highest BCUT2D eigenvalue weighted by molar-refractivity contribution is 5.85. The first kappa shape index (κ1) is 20.1. The zero-order chi connectivity index (χ0) is 19.8. The summed E-state index contributed by atoms with van der Waals surface area (Å²) in [7, 11) is 0. The monoisotopic (exact) mass is 375 g/mol. The van der Waals surface area contributed by atoms with E-state index in [1.807, 2.05) is 42.5 Å². The van der Waals surface area contributed by atoms with E-state index >= 15 is 0 Å². The number of fused-ring (bicyclic) bond motifs is 1. The molecule has 1 heterocycles. The van der Waals surface area contributed by atoms with Crippen LogP contribution in [0.15, 0.2) is 64.0 Å². The largest absolute Gasteiger partial charge is 0.442 e. The lowest BCUT2D eigenvalue weighted by Crippen LogP contribution is -2.10. The molecule has 146 valence electrons. The standard InChI is InChI=1S/C25H29NO2/c1-3-4-5-9-16-24-22(18-17-19(2)27)21-14-10-11-15-23(21)25(28-24)26-20-12-7-6-8-13-20/h6-8,10-15H,3-5,9,16-18H2,1-2H3. The molecule has 0 fully saturated rings. The number of ketones is 1. The SMILES string of the molecule is CCCCCCc1oc(=Nc2ccccc2)c2ccccc2c1CCC(C)=O. The maximum absolute atomic E-state index is 11.6. The number of para-hydroxylation sites is 1. The van der Waals surface area contributed by atoms with Crippen LogP contribution in [-0.4, -0.2) is 5.78 Å². The fraction of sp³-hybridized carbons (Fsp3) is 0.360. The fourth-order valence-corrected chi connectivity index (χ4v) is 3.51. The highest BCUT2D eigenvalue weighted by atomic mass is 16.3. The number of nitrogens with zero attached hydrogens (tertiary/aromatic N) is 1. The van der Waals surface area contributed by atoms with Crippen LogP contribution in [0.5, 0.6) is 0 Å². The molecule has 2 aromatic carbocycles. The Bertz CT molecular complexity index is 986. The molecule has 0 spiro atoms. The van der Waals surface area contributed by atoms with E-state index in [1.165, 1.54) is 19.3 Å². The van der Waals surface area contributed by atoms with Gasteiger partial charge in [-0.3, -0.25) is 0 Å². The van der Waals surface area contributed by atoms with Crippen LogP contribution < -0.4 is 5.55 Å². The lowest BCUT2D eigenvalue weighted by atomic mass is 9.97. The second-order valence-corrected chi connectivity index (χ2v) is 7.31. The average molecular weight is 376 g/mol. The Morgan fingerprint density at radius 3 is 2.32 bits per heavy atom. The number of rotatable bonds is 9. The molecule has 1 aromatic heterocycles. The van der Waals surface area contributed by atoms with Gasteiger partial charge in [0.2, 0.25) is 5.55 Å². The Kier molecular flexibility index (Phi) is 7.18. The summed E-state index contributed by atoms with van der Waals surface area (Å²) in [6.07, 6.45) is 6.86. The van der Waals surface area contributed by atoms with Gasteiger partial charge in [0, 0.05) is 18.2 Å². The molecule has 0 saturated carbocycles. The van der Waals surface area contributed by atoms with Crippen molar-refractivity contribution < 1.29 is 9.21 Å². The Labute approximate surface area is 167 Å². The van der Waals surface area contributed by atoms with Gasteiger partial charge in [0.05, 0.1) is 5.69 Å². The first-order chi connectivity index (χ1) is 13.7. The van der Waals surface area contributed by atoms with Gasteiger partial charge in [-0.2, -0.15) is 0 Å². The molecule has 3 rings (SSSR count). The molecule has 0 amide bonds. The minimum absolute atomic E-state index is 0.207. The maximum Gasteiger partial charge on any atom is 0.227 e. The highest BCUT2D eigenvalue weighted by Crippen LogP contribution is 2.24. The second kappa shape index (κ2) is 10.0. The lowest BCUT2D eigenvalue weighted by Gasteiger charge is -2.12. The minimum atomic E-state index is 0.207. The Morgan fingerprint density at radius 1 is 0.893 bits per heavy atom. The highest BCUT2D eigenvalue weighted by Gasteiger charge is 2.13. The van der Waals surface area contributed by atoms with E-state index in [9.17, 15) is 4.79 Å². The molecule has 0 unspecified atom stereocenters. The summed E-state index contributed by atoms with van der Waals surface area (Å²) in [6, 6.07) is 18.1. The molecule has 28 heavy (non-hydrogen) atoms. The molecule has 3 aromatic rings. The van der Waals surface area contributed by atoms with E-state index in [0.717, 1.165) is 40.6 Å². The summed E-state index contributed by atoms with van der Waals surface area (Å²) in [4.78, 5) is 16.4. The van der Waals surface area contributed by atoms with Gasteiger partial charge >= 0.3 is 0 Å². The predicted octanol–water partition coefficient (Wildman–Crippen LogP) is 6.31. The van der Waals surface area contributed by atoms with E-state index in [2.05, 4.69) is 19.1 Å². The van der Waals surface area contributed by atoms with Crippen LogP contribution in [-0.2, 0) is 17.6 Å². The molecule has 0 saturated heterocycles. The molecule has 0 aliphatic carbocycles. The first-order valence-electron chi connectivity index (χ1n) is 10.3. The van der Waals surface area contributed by atoms with Crippen molar-refractivity contribution in [1.82, 2.24) is 0 Å². The summed E-state index contributed by atoms with van der Waals surface area (Å²) in [6.45, 7) is 3.87. The van der Waals surface area contributed by atoms with Gasteiger partial charge in [-0.25, -0.2) is 4.99 Å². The van der Waals surface area contributed by atoms with E-state index < -0.39 is 0 Å². The van der Waals surface area contributed by atoms with Crippen molar-refractivity contribution in [3.05, 3.63) is 71.5 Å². The Balaban J connectivity index is 2.11. The zero-order valence-electron chi connectivity index (χ0n) is 16.9. The van der Waals surface area contributed by atoms with E-state index in [4.69, 9.17) is 9.41 Å². The summed E-state index contributed by atoms with van der Waals surface area (Å²) in [5.41, 5.74) is 2.69. The third-order valence-electron chi connectivity index (χ3n) is 5.01. The van der Waals surface area contributed by atoms with Crippen LogP contribution in [0.3, 0.4) is 0 Å². The van der Waals surface area contributed by atoms with Crippen LogP contribution >= 0.6 is 0 Å². The summed E-state index contributed by atoms with van der Waals surface area (Å²) < 4.78 is 6.36. The molecule has 0 radical (unpaired) electrons. The van der Waals surface area contributed by atoms with Crippen LogP contribution in [0, 0.1) is 0 Å². The molecule has 3 nitrogen and oxygen atoms in total. The van der Waals surface area contributed by atoms with Crippen molar-refractivity contribution in [2.75, 3.05) is 0 Å². The topological polar surface area (TPSA) is 42.6 Å². The first-order valence-corrected chi connectivity index (χ1v) is 10.3. The molecule has 0 aliphatic heterocycles. The summed E-state index contributed by atoms with van der Waals surface area (Å²) in [5.74, 6) is 1.18. The number of hydrogen-bond donors (Lipinski definition) is 0. The molecule has 0 atom stereocenters. The number of aryl methyl sites for hydroxylation is 2. The Hall–Kier alpha value is -2.68. The van der Waals surface area contributed by atoms with E-state index in [1.54, 1.807) is 6.92 Å². The number of carbonyl (C=O) groups is 1. The number of hydrogen-bond acceptors (Lipinski definition) is 3. The number of benzene rings is 2. The van der Waals surface area contributed by atoms with Crippen molar-refractivity contribution >= 4 is 22.2 Å². The molecular weight excluding hydrogens is 346 g/mol. The van der Waals surface area contributed by atoms with Crippen molar-refractivity contribution in [1.29, 1.82) is 0 Å². The van der Waals surface area contributed by atoms with E-state index in [0.29, 0.717) is 18.4 Å². The molecule has 3 heteroatoms. The Morgan fingerprint density at radius 2 is 1.61 bits per heavy atom. The number of carbonyl (C=O) groups excluding carboxylic acids is 1. The summed E-state index contributed by atoms with van der Waals surface area (Å²) in [5, 5.41) is 2.15. The lowest BCUT2D eigenvalue weighted by molar-refractivity contribution is -0.116. The van der Waals surface area contributed by atoms with Gasteiger partial charge in [-0.15, -0.1) is 0 Å². The van der Waals surface area contributed by atoms with Crippen molar-refractivity contribution in [3.63, 3.8) is 0 Å². The normalized spacial score (nSPS) is 11.9. The van der Waals surface area contributed by atoms with Crippen molar-refractivity contribution in [2.45, 2.75) is 58.8 Å². The van der Waals surface area contributed by atoms with Crippen LogP contribution in [0.1, 0.15) is 57.3 Å². The van der Waals surface area contributed by atoms with Gasteiger partial charge in [0.25, 0.3) is 0 Å². The summed E-state index contributed by atoms with van der Waals surface area (Å²) >= 11 is 0. The quantitative estimate of drug-likeness (QED) is 0.411. The van der Waals surface area contributed by atoms with Gasteiger partial charge in [-0.05, 0) is 48.9 Å². The fourth-order valence-electron chi connectivity index (χ4n) is 3.51. The third kappa shape index (κ3) is 5.19. The number of unbranched alkanes of at least 4 members (excludes halogenated alkanes) is 3. The second-order valence-electron chi connectivity index (χ2n) is 7.31. The van der Waals surface area contributed by atoms with Crippen LogP contribution in [0.2, 0.25) is 0 Å². The van der Waals surface area contributed by atoms with Gasteiger partial charge < -0.3 is 9.21 Å². The van der Waals surface area contributed by atoms with Crippen LogP contribution in [0.25, 0.3) is 10.8 Å². The van der Waals surface area contributed by atoms with Gasteiger partial charge in [0.1, 0.15) is 11.5 Å². The average Bonchev–Trinajstić information content (AvgIpc) is 2.71. The van der Waals surface area contributed by atoms with Crippen LogP contribution in [0.4, 0.5) is 5.69 Å². The molecular formula is C25H29NO2. The van der Waals surface area contributed by atoms with E-state index in [-0.39, 0.29) is 5.78 Å². The zero-order valence-corrected chi connectivity index (χ0v) is 16.9. The van der Waals surface area contributed by atoms with Crippen molar-refractivity contribution in [3.8, 4) is 0 Å². The molecule has 0 N–H and O–H groups in total. The minimum Gasteiger partial charge on any atom is -0.442 e. The van der Waals surface area contributed by atoms with Crippen molar-refractivity contribution in [2.24, 2.45) is 4.99 Å². The molecule has 0 aliphatic rings. The maximum atomic E-state index is 11.6. The van der Waals surface area contributed by atoms with Gasteiger partial charge in [-0.1, -0.05) is 62.6 Å². The van der Waals surface area contributed by atoms with Gasteiger partial charge in [0.15, 0.2) is 0 Å². The third-order valence-corrected chi connectivity index (χ3v) is 5.01. The smallest absolute Gasteiger partial charge is 0.227 e.